The number of ether oxygens (including phenoxy) is 1. The molecule has 0 saturated heterocycles. The van der Waals surface area contributed by atoms with Crippen LogP contribution in [0.3, 0.4) is 0 Å². The Bertz CT molecular complexity index is 762. The number of rotatable bonds is 5. The van der Waals surface area contributed by atoms with Crippen molar-refractivity contribution >= 4 is 22.4 Å². The van der Waals surface area contributed by atoms with Crippen molar-refractivity contribution in [3.05, 3.63) is 46.1 Å². The van der Waals surface area contributed by atoms with E-state index < -0.39 is 6.09 Å². The second-order valence-electron chi connectivity index (χ2n) is 5.96. The van der Waals surface area contributed by atoms with E-state index in [1.54, 1.807) is 17.0 Å². The molecular weight excluding hydrogens is 322 g/mol. The molecular formula is C18H21N3O2S. The van der Waals surface area contributed by atoms with Gasteiger partial charge >= 0.3 is 6.09 Å². The fourth-order valence-electron chi connectivity index (χ4n) is 2.38. The number of carbonyl (C=O) groups is 1. The van der Waals surface area contributed by atoms with E-state index in [4.69, 9.17) is 10.00 Å². The second-order valence-corrected chi connectivity index (χ2v) is 7.03. The number of anilines is 1. The van der Waals surface area contributed by atoms with Gasteiger partial charge in [-0.05, 0) is 30.5 Å². The van der Waals surface area contributed by atoms with Crippen LogP contribution in [0.4, 0.5) is 9.80 Å². The van der Waals surface area contributed by atoms with E-state index in [1.165, 1.54) is 18.4 Å². The average molecular weight is 343 g/mol. The van der Waals surface area contributed by atoms with Crippen LogP contribution in [0.5, 0.6) is 0 Å². The average Bonchev–Trinajstić information content (AvgIpc) is 2.91. The highest BCUT2D eigenvalue weighted by Gasteiger charge is 2.22. The molecule has 0 spiro atoms. The van der Waals surface area contributed by atoms with Gasteiger partial charge in [0.25, 0.3) is 0 Å². The predicted molar refractivity (Wildman–Crippen MR) is 95.1 cm³/mol. The Labute approximate surface area is 146 Å². The maximum Gasteiger partial charge on any atom is 0.415 e. The Balaban J connectivity index is 2.33. The molecule has 1 aromatic carbocycles. The molecule has 0 fully saturated rings. The number of amides is 1. The van der Waals surface area contributed by atoms with Gasteiger partial charge in [0.2, 0.25) is 0 Å². The van der Waals surface area contributed by atoms with E-state index in [1.807, 2.05) is 19.1 Å². The summed E-state index contributed by atoms with van der Waals surface area (Å²) in [6.45, 7) is 6.52. The molecule has 0 aliphatic rings. The summed E-state index contributed by atoms with van der Waals surface area (Å²) in [5, 5.41) is 10.8. The lowest BCUT2D eigenvalue weighted by Gasteiger charge is -2.20. The smallest absolute Gasteiger partial charge is 0.415 e. The van der Waals surface area contributed by atoms with E-state index in [-0.39, 0.29) is 0 Å². The van der Waals surface area contributed by atoms with Gasteiger partial charge in [-0.25, -0.2) is 9.78 Å². The zero-order valence-electron chi connectivity index (χ0n) is 14.4. The standard InChI is InChI=1S/C18H21N3O2S/c1-12(2)8-16-20-13(3)17(24-16)21(18(22)23-4)11-15-7-5-6-14(9-15)10-19/h5-7,9,12H,8,11H2,1-4H3. The van der Waals surface area contributed by atoms with Gasteiger partial charge in [-0.15, -0.1) is 11.3 Å². The van der Waals surface area contributed by atoms with Crippen molar-refractivity contribution in [3.8, 4) is 6.07 Å². The lowest BCUT2D eigenvalue weighted by molar-refractivity contribution is 0.178. The molecule has 0 aliphatic heterocycles. The third-order valence-electron chi connectivity index (χ3n) is 3.44. The monoisotopic (exact) mass is 343 g/mol. The van der Waals surface area contributed by atoms with Gasteiger partial charge in [0.15, 0.2) is 0 Å². The van der Waals surface area contributed by atoms with Crippen LogP contribution >= 0.6 is 11.3 Å². The molecule has 1 heterocycles. The van der Waals surface area contributed by atoms with Crippen LogP contribution in [0.15, 0.2) is 24.3 Å². The second kappa shape index (κ2) is 7.93. The van der Waals surface area contributed by atoms with Crippen LogP contribution < -0.4 is 4.90 Å². The van der Waals surface area contributed by atoms with Crippen LogP contribution in [0, 0.1) is 24.2 Å². The van der Waals surface area contributed by atoms with Gasteiger partial charge in [-0.1, -0.05) is 26.0 Å². The summed E-state index contributed by atoms with van der Waals surface area (Å²) in [5.41, 5.74) is 2.26. The van der Waals surface area contributed by atoms with Crippen molar-refractivity contribution in [2.75, 3.05) is 12.0 Å². The summed E-state index contributed by atoms with van der Waals surface area (Å²) in [4.78, 5) is 18.4. The topological polar surface area (TPSA) is 66.2 Å². The van der Waals surface area contributed by atoms with E-state index in [2.05, 4.69) is 24.9 Å². The summed E-state index contributed by atoms with van der Waals surface area (Å²) in [7, 11) is 1.37. The highest BCUT2D eigenvalue weighted by Crippen LogP contribution is 2.31. The fourth-order valence-corrected chi connectivity index (χ4v) is 3.65. The molecule has 0 saturated carbocycles. The largest absolute Gasteiger partial charge is 0.452 e. The maximum absolute atomic E-state index is 12.3. The molecule has 1 amide bonds. The Morgan fingerprint density at radius 2 is 2.21 bits per heavy atom. The molecule has 0 N–H and O–H groups in total. The highest BCUT2D eigenvalue weighted by atomic mass is 32.1. The van der Waals surface area contributed by atoms with Crippen LogP contribution in [0.1, 0.15) is 35.7 Å². The first-order chi connectivity index (χ1) is 11.4. The number of methoxy groups -OCH3 is 1. The third kappa shape index (κ3) is 4.33. The van der Waals surface area contributed by atoms with Crippen molar-refractivity contribution in [3.63, 3.8) is 0 Å². The van der Waals surface area contributed by atoms with Crippen LogP contribution in [-0.2, 0) is 17.7 Å². The Morgan fingerprint density at radius 3 is 2.83 bits per heavy atom. The summed E-state index contributed by atoms with van der Waals surface area (Å²) in [6.07, 6.45) is 0.449. The van der Waals surface area contributed by atoms with Gasteiger partial charge in [0.1, 0.15) is 5.00 Å². The lowest BCUT2D eigenvalue weighted by atomic mass is 10.1. The molecule has 2 aromatic rings. The van der Waals surface area contributed by atoms with Crippen molar-refractivity contribution in [2.45, 2.75) is 33.7 Å². The zero-order valence-corrected chi connectivity index (χ0v) is 15.2. The first-order valence-corrected chi connectivity index (χ1v) is 8.57. The number of nitrogens with zero attached hydrogens (tertiary/aromatic N) is 3. The first kappa shape index (κ1) is 18.0. The van der Waals surface area contributed by atoms with Gasteiger partial charge in [-0.3, -0.25) is 4.90 Å². The van der Waals surface area contributed by atoms with Crippen molar-refractivity contribution in [2.24, 2.45) is 5.92 Å². The van der Waals surface area contributed by atoms with Crippen LogP contribution in [-0.4, -0.2) is 18.2 Å². The minimum Gasteiger partial charge on any atom is -0.452 e. The zero-order chi connectivity index (χ0) is 17.7. The van der Waals surface area contributed by atoms with E-state index in [0.717, 1.165) is 27.7 Å². The van der Waals surface area contributed by atoms with E-state index in [9.17, 15) is 4.79 Å². The summed E-state index contributed by atoms with van der Waals surface area (Å²) in [6, 6.07) is 9.34. The third-order valence-corrected chi connectivity index (χ3v) is 4.64. The quantitative estimate of drug-likeness (QED) is 0.812. The van der Waals surface area contributed by atoms with Crippen molar-refractivity contribution < 1.29 is 9.53 Å². The lowest BCUT2D eigenvalue weighted by Crippen LogP contribution is -2.30. The number of benzene rings is 1. The van der Waals surface area contributed by atoms with Crippen LogP contribution in [0.25, 0.3) is 0 Å². The molecule has 1 aromatic heterocycles. The summed E-state index contributed by atoms with van der Waals surface area (Å²) in [5.74, 6) is 0.502. The van der Waals surface area contributed by atoms with Gasteiger partial charge in [-0.2, -0.15) is 5.26 Å². The molecule has 0 unspecified atom stereocenters. The Kier molecular flexibility index (Phi) is 5.93. The Hall–Kier alpha value is -2.39. The molecule has 0 radical (unpaired) electrons. The Morgan fingerprint density at radius 1 is 1.46 bits per heavy atom. The molecule has 0 aliphatic carbocycles. The van der Waals surface area contributed by atoms with Crippen molar-refractivity contribution in [1.82, 2.24) is 4.98 Å². The normalized spacial score (nSPS) is 10.5. The molecule has 0 bridgehead atoms. The number of aromatic nitrogens is 1. The van der Waals surface area contributed by atoms with Gasteiger partial charge in [0, 0.05) is 6.42 Å². The number of carbonyl (C=O) groups excluding carboxylic acids is 1. The van der Waals surface area contributed by atoms with E-state index >= 15 is 0 Å². The van der Waals surface area contributed by atoms with Gasteiger partial charge < -0.3 is 4.74 Å². The predicted octanol–water partition coefficient (Wildman–Crippen LogP) is 4.29. The number of nitriles is 1. The molecule has 2 rings (SSSR count). The van der Waals surface area contributed by atoms with Crippen LogP contribution in [0.2, 0.25) is 0 Å². The minimum absolute atomic E-state index is 0.340. The van der Waals surface area contributed by atoms with Crippen molar-refractivity contribution in [1.29, 1.82) is 5.26 Å². The van der Waals surface area contributed by atoms with E-state index in [0.29, 0.717) is 18.0 Å². The fraction of sp³-hybridized carbons (Fsp3) is 0.389. The molecule has 6 heteroatoms. The molecule has 0 atom stereocenters. The number of thiazole rings is 1. The summed E-state index contributed by atoms with van der Waals surface area (Å²) >= 11 is 1.52. The number of hydrogen-bond acceptors (Lipinski definition) is 5. The first-order valence-electron chi connectivity index (χ1n) is 7.75. The number of hydrogen-bond donors (Lipinski definition) is 0. The highest BCUT2D eigenvalue weighted by molar-refractivity contribution is 7.16. The SMILES string of the molecule is COC(=O)N(Cc1cccc(C#N)c1)c1sc(CC(C)C)nc1C. The van der Waals surface area contributed by atoms with Gasteiger partial charge in [0.05, 0.1) is 36.0 Å². The maximum atomic E-state index is 12.3. The summed E-state index contributed by atoms with van der Waals surface area (Å²) < 4.78 is 4.94. The molecule has 5 nitrogen and oxygen atoms in total. The molecule has 24 heavy (non-hydrogen) atoms. The number of aryl methyl sites for hydroxylation is 1. The minimum atomic E-state index is -0.430. The molecule has 126 valence electrons.